The number of aliphatic carboxylic acids is 3. The molecule has 0 saturated carbocycles. The third-order valence-electron chi connectivity index (χ3n) is 10.1. The Labute approximate surface area is 344 Å². The van der Waals surface area contributed by atoms with Gasteiger partial charge in [0.1, 0.15) is 0 Å². The summed E-state index contributed by atoms with van der Waals surface area (Å²) in [5, 5.41) is 30.3. The molecule has 0 aliphatic carbocycles. The molecule has 0 saturated heterocycles. The molecule has 0 amide bonds. The average Bonchev–Trinajstić information content (AvgIpc) is 3.13. The van der Waals surface area contributed by atoms with Gasteiger partial charge in [-0.3, -0.25) is 0 Å². The van der Waals surface area contributed by atoms with E-state index in [0.717, 1.165) is 42.0 Å². The molecule has 0 radical (unpaired) electrons. The normalized spacial score (nSPS) is 10.7. The molecule has 0 aromatic carbocycles. The van der Waals surface area contributed by atoms with Crippen molar-refractivity contribution in [3.8, 4) is 0 Å². The number of rotatable bonds is 36. The monoisotopic (exact) mass is 859 g/mol. The Morgan fingerprint density at radius 3 is 0.717 bits per heavy atom. The molecule has 0 N–H and O–H groups in total. The van der Waals surface area contributed by atoms with E-state index in [0.29, 0.717) is 0 Å². The molecule has 0 fully saturated rings. The molecule has 314 valence electrons. The van der Waals surface area contributed by atoms with Gasteiger partial charge in [-0.1, -0.05) is 175 Å². The molecule has 0 unspecified atom stereocenters. The van der Waals surface area contributed by atoms with Gasteiger partial charge in [0, 0.05) is 17.9 Å². The summed E-state index contributed by atoms with van der Waals surface area (Å²) in [6.07, 6.45) is 42.0. The molecular formula is C46H90O6Sn. The fourth-order valence-electron chi connectivity index (χ4n) is 6.06. The molecule has 0 aromatic heterocycles. The maximum absolute atomic E-state index is 10.1. The zero-order valence-electron chi connectivity index (χ0n) is 36.4. The van der Waals surface area contributed by atoms with Crippen LogP contribution in [0.3, 0.4) is 0 Å². The van der Waals surface area contributed by atoms with Crippen LogP contribution in [0.2, 0.25) is 3.43 Å². The van der Waals surface area contributed by atoms with Gasteiger partial charge in [-0.25, -0.2) is 0 Å². The number of carbonyl (C=O) groups is 3. The minimum absolute atomic E-state index is 0.232. The fraction of sp³-hybridized carbons (Fsp3) is 0.935. The van der Waals surface area contributed by atoms with E-state index in [1.165, 1.54) is 173 Å². The van der Waals surface area contributed by atoms with Crippen molar-refractivity contribution in [1.29, 1.82) is 0 Å². The second kappa shape index (κ2) is 51.2. The fourth-order valence-corrected chi connectivity index (χ4v) is 6.56. The molecule has 6 nitrogen and oxygen atoms in total. The van der Waals surface area contributed by atoms with Gasteiger partial charge in [0.2, 0.25) is 0 Å². The average molecular weight is 858 g/mol. The molecule has 0 aromatic rings. The molecule has 0 aliphatic heterocycles. The van der Waals surface area contributed by atoms with Crippen molar-refractivity contribution >= 4 is 40.4 Å². The van der Waals surface area contributed by atoms with E-state index in [4.69, 9.17) is 0 Å². The third kappa shape index (κ3) is 63.4. The van der Waals surface area contributed by atoms with Gasteiger partial charge >= 0.3 is 85.3 Å². The van der Waals surface area contributed by atoms with E-state index in [1.54, 1.807) is 22.5 Å². The molecule has 7 heteroatoms. The van der Waals surface area contributed by atoms with Gasteiger partial charge in [-0.2, -0.15) is 0 Å². The van der Waals surface area contributed by atoms with Crippen LogP contribution in [0.4, 0.5) is 0 Å². The first-order chi connectivity index (χ1) is 25.5. The van der Waals surface area contributed by atoms with Crippen molar-refractivity contribution in [2.75, 3.05) is 0 Å². The van der Waals surface area contributed by atoms with E-state index in [9.17, 15) is 29.7 Å². The van der Waals surface area contributed by atoms with Crippen LogP contribution in [0, 0.1) is 0 Å². The Morgan fingerprint density at radius 1 is 0.340 bits per heavy atom. The Hall–Kier alpha value is -0.791. The van der Waals surface area contributed by atoms with Crippen molar-refractivity contribution < 1.29 is 29.7 Å². The summed E-state index contributed by atoms with van der Waals surface area (Å²) < 4.78 is 0.724. The maximum atomic E-state index is 10.1. The molecule has 0 rings (SSSR count). The van der Waals surface area contributed by atoms with Gasteiger partial charge in [-0.05, 0) is 38.5 Å². The first kappa shape index (κ1) is 58.9. The Morgan fingerprint density at radius 2 is 0.528 bits per heavy atom. The summed E-state index contributed by atoms with van der Waals surface area (Å²) in [6.45, 7) is 13.6. The summed E-state index contributed by atoms with van der Waals surface area (Å²) in [5.74, 6) is -2.73. The standard InChI is InChI=1S/3C12H24O2.C10H21.Sn/c3*1-2-3-4-5-6-7-8-9-10-11-12(13)14;1-4-7-8-9-10(5-2)6-3;/h3*2-11H2,1H3,(H,13,14);4-9H2,1-3H3;/q;;;;+3/p-3. The van der Waals surface area contributed by atoms with Crippen LogP contribution < -0.4 is 15.3 Å². The predicted octanol–water partition coefficient (Wildman–Crippen LogP) is 11.7. The summed E-state index contributed by atoms with van der Waals surface area (Å²) in [4.78, 5) is 30.3. The van der Waals surface area contributed by atoms with Crippen molar-refractivity contribution in [3.05, 3.63) is 0 Å². The van der Waals surface area contributed by atoms with Gasteiger partial charge in [0.05, 0.1) is 0 Å². The molecule has 0 atom stereocenters. The number of hydrogen-bond acceptors (Lipinski definition) is 6. The summed E-state index contributed by atoms with van der Waals surface area (Å²) >= 11 is 1.75. The van der Waals surface area contributed by atoms with Crippen molar-refractivity contribution in [2.45, 2.75) is 276 Å². The predicted molar refractivity (Wildman–Crippen MR) is 224 cm³/mol. The van der Waals surface area contributed by atoms with E-state index in [2.05, 4.69) is 41.5 Å². The zero-order valence-corrected chi connectivity index (χ0v) is 39.3. The third-order valence-corrected chi connectivity index (χ3v) is 12.8. The van der Waals surface area contributed by atoms with Crippen molar-refractivity contribution in [1.82, 2.24) is 0 Å². The first-order valence-corrected chi connectivity index (χ1v) is 24.3. The molecule has 0 spiro atoms. The van der Waals surface area contributed by atoms with Crippen molar-refractivity contribution in [2.24, 2.45) is 0 Å². The van der Waals surface area contributed by atoms with Crippen molar-refractivity contribution in [3.63, 3.8) is 0 Å². The Kier molecular flexibility index (Phi) is 56.9. The summed E-state index contributed by atoms with van der Waals surface area (Å²) in [6, 6.07) is 0. The minimum atomic E-state index is -0.909. The van der Waals surface area contributed by atoms with Crippen LogP contribution in [-0.4, -0.2) is 40.4 Å². The topological polar surface area (TPSA) is 120 Å². The van der Waals surface area contributed by atoms with E-state index < -0.39 is 17.9 Å². The van der Waals surface area contributed by atoms with Gasteiger partial charge in [0.25, 0.3) is 0 Å². The van der Waals surface area contributed by atoms with Crippen LogP contribution in [0.1, 0.15) is 273 Å². The first-order valence-electron chi connectivity index (χ1n) is 22.8. The van der Waals surface area contributed by atoms with E-state index in [1.807, 2.05) is 0 Å². The number of hydrogen-bond donors (Lipinski definition) is 0. The van der Waals surface area contributed by atoms with Crippen LogP contribution in [0.5, 0.6) is 0 Å². The molecule has 0 bridgehead atoms. The van der Waals surface area contributed by atoms with Crippen LogP contribution >= 0.6 is 0 Å². The van der Waals surface area contributed by atoms with Gasteiger partial charge in [-0.15, -0.1) is 0 Å². The van der Waals surface area contributed by atoms with Crippen LogP contribution in [0.15, 0.2) is 0 Å². The van der Waals surface area contributed by atoms with Gasteiger partial charge < -0.3 is 29.7 Å². The number of unbranched alkanes of at least 4 members (excludes halogenated alkanes) is 26. The quantitative estimate of drug-likeness (QED) is 0.0457. The molecule has 0 aliphatic rings. The summed E-state index contributed by atoms with van der Waals surface area (Å²) in [7, 11) is 0. The number of carboxylic acids is 3. The number of carboxylic acid groups (broad SMARTS) is 3. The van der Waals surface area contributed by atoms with E-state index >= 15 is 0 Å². The SMILES string of the molecule is CCCCCCCCCCCC(=O)[O-].CCCCCCCCCCCC(=O)[O-].CCCCCCCCCCCC(=O)[O-].CCCCC[C]([Sn+3])(CC)CC. The number of carbonyl (C=O) groups excluding carboxylic acids is 3. The van der Waals surface area contributed by atoms with E-state index in [-0.39, 0.29) is 19.3 Å². The molecule has 53 heavy (non-hydrogen) atoms. The Balaban J connectivity index is -0.000000303. The van der Waals surface area contributed by atoms with Gasteiger partial charge in [0.15, 0.2) is 0 Å². The Bertz CT molecular complexity index is 649. The second-order valence-corrected chi connectivity index (χ2v) is 18.3. The van der Waals surface area contributed by atoms with Crippen LogP contribution in [-0.2, 0) is 14.4 Å². The zero-order chi connectivity index (χ0) is 40.7. The molecule has 0 heterocycles. The van der Waals surface area contributed by atoms with Crippen LogP contribution in [0.25, 0.3) is 0 Å². The summed E-state index contributed by atoms with van der Waals surface area (Å²) in [5.41, 5.74) is 0. The molecular weight excluding hydrogens is 767 g/mol. The second-order valence-electron chi connectivity index (χ2n) is 15.3.